The van der Waals surface area contributed by atoms with Crippen molar-refractivity contribution in [1.82, 2.24) is 9.88 Å². The van der Waals surface area contributed by atoms with Gasteiger partial charge in [0.2, 0.25) is 0 Å². The Morgan fingerprint density at radius 3 is 2.91 bits per heavy atom. The number of piperidine rings is 1. The zero-order valence-electron chi connectivity index (χ0n) is 13.9. The molecule has 0 aliphatic carbocycles. The second-order valence-electron chi connectivity index (χ2n) is 6.74. The summed E-state index contributed by atoms with van der Waals surface area (Å²) in [5.74, 6) is 0.504. The van der Waals surface area contributed by atoms with Crippen molar-refractivity contribution in [3.05, 3.63) is 23.5 Å². The third kappa shape index (κ3) is 4.58. The number of nitrogens with zero attached hydrogens (tertiary/aromatic N) is 2. The molecule has 1 fully saturated rings. The minimum atomic E-state index is -0.485. The van der Waals surface area contributed by atoms with E-state index in [4.69, 9.17) is 15.9 Å². The molecule has 1 aliphatic rings. The van der Waals surface area contributed by atoms with Gasteiger partial charge in [-0.3, -0.25) is 5.41 Å². The molecule has 1 saturated heterocycles. The molecule has 23 heavy (non-hydrogen) atoms. The monoisotopic (exact) mass is 319 g/mol. The van der Waals surface area contributed by atoms with Crippen LogP contribution in [0.5, 0.6) is 0 Å². The Hall–Kier alpha value is -2.31. The summed E-state index contributed by atoms with van der Waals surface area (Å²) in [6, 6.07) is 3.81. The predicted octanol–water partition coefficient (Wildman–Crippen LogP) is 2.44. The first-order valence-electron chi connectivity index (χ1n) is 7.79. The molecule has 2 rings (SSSR count). The third-order valence-electron chi connectivity index (χ3n) is 3.70. The number of aromatic amines is 1. The summed E-state index contributed by atoms with van der Waals surface area (Å²) in [6.07, 6.45) is 2.59. The van der Waals surface area contributed by atoms with Gasteiger partial charge in [-0.1, -0.05) is 0 Å². The average Bonchev–Trinajstić information content (AvgIpc) is 2.96. The summed E-state index contributed by atoms with van der Waals surface area (Å²) in [7, 11) is 0. The summed E-state index contributed by atoms with van der Waals surface area (Å²) < 4.78 is 5.45. The van der Waals surface area contributed by atoms with Crippen LogP contribution in [0.15, 0.2) is 17.1 Å². The van der Waals surface area contributed by atoms with Crippen LogP contribution in [0.4, 0.5) is 4.79 Å². The molecule has 1 aromatic heterocycles. The third-order valence-corrected chi connectivity index (χ3v) is 3.70. The molecule has 0 spiro atoms. The highest BCUT2D eigenvalue weighted by Gasteiger charge is 2.29. The van der Waals surface area contributed by atoms with E-state index in [-0.39, 0.29) is 17.8 Å². The summed E-state index contributed by atoms with van der Waals surface area (Å²) in [4.78, 5) is 21.0. The molecule has 7 heteroatoms. The number of amidine groups is 1. The summed E-state index contributed by atoms with van der Waals surface area (Å²) >= 11 is 0. The molecule has 0 saturated carbocycles. The van der Waals surface area contributed by atoms with E-state index in [2.05, 4.69) is 9.98 Å². The average molecular weight is 319 g/mol. The SMILES string of the molecule is CC(C)(C)OC(=O)N1CCCC(c2ccc(C(N)=NC=N)[nH]2)C1. The van der Waals surface area contributed by atoms with Gasteiger partial charge in [0.05, 0.1) is 5.69 Å². The molecule has 7 nitrogen and oxygen atoms in total. The summed E-state index contributed by atoms with van der Waals surface area (Å²) in [5.41, 5.74) is 7.01. The van der Waals surface area contributed by atoms with Gasteiger partial charge in [-0.25, -0.2) is 9.79 Å². The zero-order chi connectivity index (χ0) is 17.0. The van der Waals surface area contributed by atoms with E-state index in [0.29, 0.717) is 12.2 Å². The van der Waals surface area contributed by atoms with Gasteiger partial charge in [-0.15, -0.1) is 0 Å². The van der Waals surface area contributed by atoms with Gasteiger partial charge in [-0.05, 0) is 45.7 Å². The van der Waals surface area contributed by atoms with E-state index in [0.717, 1.165) is 31.4 Å². The molecule has 0 bridgehead atoms. The number of carbonyl (C=O) groups excluding carboxylic acids is 1. The second kappa shape index (κ2) is 6.85. The van der Waals surface area contributed by atoms with E-state index >= 15 is 0 Å². The molecule has 2 heterocycles. The van der Waals surface area contributed by atoms with Crippen LogP contribution in [-0.2, 0) is 4.74 Å². The standard InChI is InChI=1S/C16H25N5O2/c1-16(2,3)23-15(22)21-8-4-5-11(9-21)12-6-7-13(20-12)14(18)19-10-17/h6-7,10-11,20H,4-5,8-9H2,1-3H3,(H3,17,18,19). The number of amides is 1. The topological polar surface area (TPSA) is 108 Å². The summed E-state index contributed by atoms with van der Waals surface area (Å²) in [5, 5.41) is 6.97. The maximum absolute atomic E-state index is 12.2. The van der Waals surface area contributed by atoms with Crippen molar-refractivity contribution >= 4 is 18.3 Å². The molecular formula is C16H25N5O2. The van der Waals surface area contributed by atoms with Gasteiger partial charge in [0.1, 0.15) is 17.8 Å². The fraction of sp³-hybridized carbons (Fsp3) is 0.562. The van der Waals surface area contributed by atoms with Crippen LogP contribution < -0.4 is 5.73 Å². The number of nitrogens with one attached hydrogen (secondary N) is 2. The fourth-order valence-corrected chi connectivity index (χ4v) is 2.66. The van der Waals surface area contributed by atoms with E-state index in [1.54, 1.807) is 4.90 Å². The molecule has 1 unspecified atom stereocenters. The fourth-order valence-electron chi connectivity index (χ4n) is 2.66. The molecule has 1 aliphatic heterocycles. The number of carbonyl (C=O) groups is 1. The lowest BCUT2D eigenvalue weighted by atomic mass is 9.95. The van der Waals surface area contributed by atoms with Crippen LogP contribution >= 0.6 is 0 Å². The lowest BCUT2D eigenvalue weighted by Gasteiger charge is -2.33. The number of aliphatic imine (C=N–C) groups is 1. The first-order chi connectivity index (χ1) is 10.8. The zero-order valence-corrected chi connectivity index (χ0v) is 13.9. The van der Waals surface area contributed by atoms with Crippen molar-refractivity contribution in [3.63, 3.8) is 0 Å². The normalized spacial score (nSPS) is 19.5. The molecule has 4 N–H and O–H groups in total. The molecule has 1 amide bonds. The second-order valence-corrected chi connectivity index (χ2v) is 6.74. The Kier molecular flexibility index (Phi) is 5.08. The quantitative estimate of drug-likeness (QED) is 0.588. The Labute approximate surface area is 136 Å². The van der Waals surface area contributed by atoms with Gasteiger partial charge >= 0.3 is 6.09 Å². The smallest absolute Gasteiger partial charge is 0.410 e. The maximum Gasteiger partial charge on any atom is 0.410 e. The van der Waals surface area contributed by atoms with Gasteiger partial charge in [0.15, 0.2) is 0 Å². The van der Waals surface area contributed by atoms with Crippen LogP contribution in [0.25, 0.3) is 0 Å². The van der Waals surface area contributed by atoms with Crippen LogP contribution in [0.2, 0.25) is 0 Å². The van der Waals surface area contributed by atoms with Crippen molar-refractivity contribution in [3.8, 4) is 0 Å². The van der Waals surface area contributed by atoms with Crippen molar-refractivity contribution in [2.24, 2.45) is 10.7 Å². The lowest BCUT2D eigenvalue weighted by Crippen LogP contribution is -2.42. The Balaban J connectivity index is 2.05. The van der Waals surface area contributed by atoms with Crippen molar-refractivity contribution in [1.29, 1.82) is 5.41 Å². The Bertz CT molecular complexity index is 600. The number of H-pyrrole nitrogens is 1. The largest absolute Gasteiger partial charge is 0.444 e. The van der Waals surface area contributed by atoms with E-state index in [1.165, 1.54) is 0 Å². The maximum atomic E-state index is 12.2. The first-order valence-corrected chi connectivity index (χ1v) is 7.79. The molecule has 1 atom stereocenters. The number of nitrogens with two attached hydrogens (primary N) is 1. The molecule has 0 aromatic carbocycles. The highest BCUT2D eigenvalue weighted by Crippen LogP contribution is 2.27. The first kappa shape index (κ1) is 17.1. The van der Waals surface area contributed by atoms with E-state index in [1.807, 2.05) is 32.9 Å². The van der Waals surface area contributed by atoms with Crippen molar-refractivity contribution in [2.75, 3.05) is 13.1 Å². The van der Waals surface area contributed by atoms with Gasteiger partial charge in [-0.2, -0.15) is 0 Å². The predicted molar refractivity (Wildman–Crippen MR) is 90.1 cm³/mol. The van der Waals surface area contributed by atoms with E-state index < -0.39 is 5.60 Å². The number of likely N-dealkylation sites (tertiary alicyclic amines) is 1. The summed E-state index contributed by atoms with van der Waals surface area (Å²) in [6.45, 7) is 6.95. The van der Waals surface area contributed by atoms with Crippen LogP contribution in [0.1, 0.15) is 50.9 Å². The highest BCUT2D eigenvalue weighted by atomic mass is 16.6. The number of aromatic nitrogens is 1. The van der Waals surface area contributed by atoms with Crippen molar-refractivity contribution in [2.45, 2.75) is 45.1 Å². The molecule has 1 aromatic rings. The van der Waals surface area contributed by atoms with Gasteiger partial charge < -0.3 is 20.4 Å². The van der Waals surface area contributed by atoms with E-state index in [9.17, 15) is 4.79 Å². The number of hydrogen-bond acceptors (Lipinski definition) is 3. The number of hydrogen-bond donors (Lipinski definition) is 3. The number of rotatable bonds is 3. The molecule has 0 radical (unpaired) electrons. The van der Waals surface area contributed by atoms with Gasteiger partial charge in [0.25, 0.3) is 0 Å². The molecular weight excluding hydrogens is 294 g/mol. The minimum absolute atomic E-state index is 0.220. The van der Waals surface area contributed by atoms with Crippen LogP contribution in [0, 0.1) is 5.41 Å². The van der Waals surface area contributed by atoms with Gasteiger partial charge in [0, 0.05) is 24.7 Å². The highest BCUT2D eigenvalue weighted by molar-refractivity contribution is 5.99. The number of ether oxygens (including phenoxy) is 1. The lowest BCUT2D eigenvalue weighted by molar-refractivity contribution is 0.0197. The van der Waals surface area contributed by atoms with Crippen LogP contribution in [-0.4, -0.2) is 46.8 Å². The minimum Gasteiger partial charge on any atom is -0.444 e. The Morgan fingerprint density at radius 1 is 1.52 bits per heavy atom. The molecule has 126 valence electrons. The van der Waals surface area contributed by atoms with Crippen molar-refractivity contribution < 1.29 is 9.53 Å². The van der Waals surface area contributed by atoms with Crippen LogP contribution in [0.3, 0.4) is 0 Å². The Morgan fingerprint density at radius 2 is 2.26 bits per heavy atom.